The molecule has 19 heavy (non-hydrogen) atoms. The maximum Gasteiger partial charge on any atom is 0.303 e. The summed E-state index contributed by atoms with van der Waals surface area (Å²) < 4.78 is 13.6. The van der Waals surface area contributed by atoms with Crippen molar-refractivity contribution in [2.45, 2.75) is 19.8 Å². The molecule has 104 valence electrons. The quantitative estimate of drug-likeness (QED) is 0.845. The van der Waals surface area contributed by atoms with E-state index in [-0.39, 0.29) is 29.5 Å². The molecule has 0 radical (unpaired) electrons. The first-order valence-corrected chi connectivity index (χ1v) is 6.27. The lowest BCUT2D eigenvalue weighted by Gasteiger charge is -2.13. The van der Waals surface area contributed by atoms with Gasteiger partial charge in [0.1, 0.15) is 0 Å². The van der Waals surface area contributed by atoms with Crippen LogP contribution >= 0.6 is 11.6 Å². The molecule has 1 aromatic carbocycles. The largest absolute Gasteiger partial charge is 0.481 e. The monoisotopic (exact) mass is 287 g/mol. The van der Waals surface area contributed by atoms with Gasteiger partial charge in [-0.2, -0.15) is 0 Å². The van der Waals surface area contributed by atoms with E-state index in [1.807, 2.05) is 6.92 Å². The number of nitrogens with one attached hydrogen (secondary N) is 1. The molecule has 0 aliphatic heterocycles. The van der Waals surface area contributed by atoms with Gasteiger partial charge in [-0.15, -0.1) is 0 Å². The number of hydrogen-bond acceptors (Lipinski definition) is 2. The van der Waals surface area contributed by atoms with E-state index in [4.69, 9.17) is 16.7 Å². The second-order valence-corrected chi connectivity index (χ2v) is 4.59. The first kappa shape index (κ1) is 15.4. The Hall–Kier alpha value is -1.62. The summed E-state index contributed by atoms with van der Waals surface area (Å²) >= 11 is 5.58. The molecule has 4 nitrogen and oxygen atoms in total. The first-order chi connectivity index (χ1) is 8.95. The predicted molar refractivity (Wildman–Crippen MR) is 69.8 cm³/mol. The van der Waals surface area contributed by atoms with Crippen molar-refractivity contribution in [3.05, 3.63) is 34.6 Å². The van der Waals surface area contributed by atoms with Crippen LogP contribution in [0.15, 0.2) is 18.2 Å². The van der Waals surface area contributed by atoms with Gasteiger partial charge < -0.3 is 10.4 Å². The molecular formula is C13H15ClFNO3. The number of carbonyl (C=O) groups excluding carboxylic acids is 1. The van der Waals surface area contributed by atoms with Gasteiger partial charge in [-0.05, 0) is 18.1 Å². The maximum absolute atomic E-state index is 13.6. The molecule has 0 aromatic heterocycles. The van der Waals surface area contributed by atoms with E-state index in [2.05, 4.69) is 5.32 Å². The number of aliphatic carboxylic acids is 1. The summed E-state index contributed by atoms with van der Waals surface area (Å²) in [7, 11) is 0. The van der Waals surface area contributed by atoms with E-state index >= 15 is 0 Å². The van der Waals surface area contributed by atoms with Gasteiger partial charge in [0.25, 0.3) is 5.91 Å². The molecule has 0 bridgehead atoms. The number of carbonyl (C=O) groups is 2. The second kappa shape index (κ2) is 7.09. The fourth-order valence-electron chi connectivity index (χ4n) is 1.62. The maximum atomic E-state index is 13.6. The number of amides is 1. The molecule has 0 aliphatic rings. The van der Waals surface area contributed by atoms with Crippen molar-refractivity contribution in [3.8, 4) is 0 Å². The van der Waals surface area contributed by atoms with E-state index < -0.39 is 17.7 Å². The van der Waals surface area contributed by atoms with Gasteiger partial charge in [0, 0.05) is 13.0 Å². The van der Waals surface area contributed by atoms with Crippen molar-refractivity contribution in [3.63, 3.8) is 0 Å². The number of benzene rings is 1. The van der Waals surface area contributed by atoms with Crippen LogP contribution in [0.5, 0.6) is 0 Å². The lowest BCUT2D eigenvalue weighted by atomic mass is 10.0. The molecule has 0 fully saturated rings. The summed E-state index contributed by atoms with van der Waals surface area (Å²) in [6.07, 6.45) is 0.583. The Balaban J connectivity index is 2.64. The highest BCUT2D eigenvalue weighted by molar-refractivity contribution is 6.31. The fraction of sp³-hybridized carbons (Fsp3) is 0.385. The standard InChI is InChI=1S/C13H15ClFNO3/c1-2-8(6-11(17)18)7-16-13(19)9-4-3-5-10(14)12(9)15/h3-5,8H,2,6-7H2,1H3,(H,16,19)(H,17,18). The number of hydrogen-bond donors (Lipinski definition) is 2. The minimum Gasteiger partial charge on any atom is -0.481 e. The summed E-state index contributed by atoms with van der Waals surface area (Å²) in [5.41, 5.74) is -0.141. The Kier molecular flexibility index (Phi) is 5.76. The number of carboxylic acids is 1. The minimum atomic E-state index is -0.921. The summed E-state index contributed by atoms with van der Waals surface area (Å²) in [6.45, 7) is 2.02. The molecule has 0 heterocycles. The van der Waals surface area contributed by atoms with Crippen LogP contribution in [0.1, 0.15) is 30.1 Å². The Bertz CT molecular complexity index is 479. The normalized spacial score (nSPS) is 11.9. The third-order valence-electron chi connectivity index (χ3n) is 2.79. The molecule has 0 aliphatic carbocycles. The van der Waals surface area contributed by atoms with Gasteiger partial charge >= 0.3 is 5.97 Å². The predicted octanol–water partition coefficient (Wildman–Crippen LogP) is 2.71. The highest BCUT2D eigenvalue weighted by Crippen LogP contribution is 2.17. The topological polar surface area (TPSA) is 66.4 Å². The van der Waals surface area contributed by atoms with Crippen LogP contribution < -0.4 is 5.32 Å². The van der Waals surface area contributed by atoms with Gasteiger partial charge in [0.15, 0.2) is 5.82 Å². The number of carboxylic acid groups (broad SMARTS) is 1. The van der Waals surface area contributed by atoms with Crippen molar-refractivity contribution < 1.29 is 19.1 Å². The molecule has 1 aromatic rings. The minimum absolute atomic E-state index is 0.0329. The zero-order valence-corrected chi connectivity index (χ0v) is 11.2. The molecular weight excluding hydrogens is 273 g/mol. The van der Waals surface area contributed by atoms with Crippen LogP contribution in [-0.4, -0.2) is 23.5 Å². The number of rotatable bonds is 6. The lowest BCUT2D eigenvalue weighted by Crippen LogP contribution is -2.30. The molecule has 0 saturated carbocycles. The van der Waals surface area contributed by atoms with E-state index in [9.17, 15) is 14.0 Å². The third kappa shape index (κ3) is 4.52. The van der Waals surface area contributed by atoms with Crippen LogP contribution in [-0.2, 0) is 4.79 Å². The summed E-state index contributed by atoms with van der Waals surface area (Å²) in [5, 5.41) is 11.1. The van der Waals surface area contributed by atoms with E-state index in [0.717, 1.165) is 0 Å². The Morgan fingerprint density at radius 1 is 1.47 bits per heavy atom. The lowest BCUT2D eigenvalue weighted by molar-refractivity contribution is -0.138. The van der Waals surface area contributed by atoms with Gasteiger partial charge in [-0.1, -0.05) is 31.0 Å². The highest BCUT2D eigenvalue weighted by atomic mass is 35.5. The Morgan fingerprint density at radius 3 is 2.74 bits per heavy atom. The van der Waals surface area contributed by atoms with Crippen molar-refractivity contribution in [1.29, 1.82) is 0 Å². The summed E-state index contributed by atoms with van der Waals surface area (Å²) in [5.74, 6) is -2.46. The SMILES string of the molecule is CCC(CNC(=O)c1cccc(Cl)c1F)CC(=O)O. The van der Waals surface area contributed by atoms with Crippen LogP contribution in [0.3, 0.4) is 0 Å². The third-order valence-corrected chi connectivity index (χ3v) is 3.08. The van der Waals surface area contributed by atoms with E-state index in [1.54, 1.807) is 0 Å². The van der Waals surface area contributed by atoms with E-state index in [0.29, 0.717) is 6.42 Å². The van der Waals surface area contributed by atoms with Gasteiger partial charge in [0.05, 0.1) is 10.6 Å². The van der Waals surface area contributed by atoms with Gasteiger partial charge in [-0.25, -0.2) is 4.39 Å². The zero-order valence-electron chi connectivity index (χ0n) is 10.5. The highest BCUT2D eigenvalue weighted by Gasteiger charge is 2.16. The second-order valence-electron chi connectivity index (χ2n) is 4.18. The van der Waals surface area contributed by atoms with Crippen molar-refractivity contribution in [2.75, 3.05) is 6.54 Å². The molecule has 0 spiro atoms. The van der Waals surface area contributed by atoms with Crippen molar-refractivity contribution in [2.24, 2.45) is 5.92 Å². The van der Waals surface area contributed by atoms with Gasteiger partial charge in [0.2, 0.25) is 0 Å². The van der Waals surface area contributed by atoms with Crippen LogP contribution in [0.25, 0.3) is 0 Å². The first-order valence-electron chi connectivity index (χ1n) is 5.89. The Labute approximate surface area is 115 Å². The molecule has 6 heteroatoms. The zero-order chi connectivity index (χ0) is 14.4. The van der Waals surface area contributed by atoms with Crippen molar-refractivity contribution >= 4 is 23.5 Å². The Morgan fingerprint density at radius 2 is 2.16 bits per heavy atom. The average Bonchev–Trinajstić information content (AvgIpc) is 2.37. The van der Waals surface area contributed by atoms with Crippen molar-refractivity contribution in [1.82, 2.24) is 5.32 Å². The molecule has 1 rings (SSSR count). The van der Waals surface area contributed by atoms with E-state index in [1.165, 1.54) is 18.2 Å². The average molecular weight is 288 g/mol. The van der Waals surface area contributed by atoms with Crippen LogP contribution in [0, 0.1) is 11.7 Å². The number of halogens is 2. The molecule has 0 saturated heterocycles. The molecule has 2 N–H and O–H groups in total. The summed E-state index contributed by atoms with van der Waals surface area (Å²) in [4.78, 5) is 22.4. The fourth-order valence-corrected chi connectivity index (χ4v) is 1.79. The molecule has 1 amide bonds. The summed E-state index contributed by atoms with van der Waals surface area (Å²) in [6, 6.07) is 4.16. The smallest absolute Gasteiger partial charge is 0.303 e. The van der Waals surface area contributed by atoms with Crippen LogP contribution in [0.4, 0.5) is 4.39 Å². The molecule has 1 atom stereocenters. The van der Waals surface area contributed by atoms with Gasteiger partial charge in [-0.3, -0.25) is 9.59 Å². The van der Waals surface area contributed by atoms with Crippen LogP contribution in [0.2, 0.25) is 5.02 Å². The molecule has 1 unspecified atom stereocenters.